The second kappa shape index (κ2) is 12.5. The maximum absolute atomic E-state index is 12.0. The normalized spacial score (nSPS) is 15.5. The van der Waals surface area contributed by atoms with Gasteiger partial charge >= 0.3 is 0 Å². The number of carbonyl (C=O) groups excluding carboxylic acids is 1. The van der Waals surface area contributed by atoms with Gasteiger partial charge in [0.05, 0.1) is 6.54 Å². The molecule has 0 saturated heterocycles. The van der Waals surface area contributed by atoms with Gasteiger partial charge in [0.2, 0.25) is 5.91 Å². The van der Waals surface area contributed by atoms with E-state index in [0.29, 0.717) is 25.6 Å². The first kappa shape index (κ1) is 21.2. The fourth-order valence-electron chi connectivity index (χ4n) is 2.74. The summed E-state index contributed by atoms with van der Waals surface area (Å²) in [6.07, 6.45) is 6.53. The molecule has 1 aliphatic rings. The zero-order chi connectivity index (χ0) is 16.3. The predicted molar refractivity (Wildman–Crippen MR) is 112 cm³/mol. The van der Waals surface area contributed by atoms with Gasteiger partial charge in [-0.25, -0.2) is 4.99 Å². The zero-order valence-corrected chi connectivity index (χ0v) is 17.5. The first-order valence-electron chi connectivity index (χ1n) is 8.62. The van der Waals surface area contributed by atoms with E-state index in [-0.39, 0.29) is 29.9 Å². The Morgan fingerprint density at radius 1 is 1.29 bits per heavy atom. The quantitative estimate of drug-likeness (QED) is 0.330. The van der Waals surface area contributed by atoms with Crippen molar-refractivity contribution in [2.24, 2.45) is 4.99 Å². The van der Waals surface area contributed by atoms with Crippen molar-refractivity contribution < 1.29 is 4.79 Å². The SMILES string of the molecule is CCNC(=NCc1cccs1)NCCC(=O)NC1CCCCC1.I. The van der Waals surface area contributed by atoms with Crippen molar-refractivity contribution in [3.05, 3.63) is 22.4 Å². The van der Waals surface area contributed by atoms with Crippen LogP contribution >= 0.6 is 35.3 Å². The van der Waals surface area contributed by atoms with Gasteiger partial charge in [-0.15, -0.1) is 35.3 Å². The Labute approximate surface area is 166 Å². The molecule has 7 heteroatoms. The minimum atomic E-state index is 0. The van der Waals surface area contributed by atoms with E-state index in [1.807, 2.05) is 13.0 Å². The average Bonchev–Trinajstić information content (AvgIpc) is 3.07. The Balaban J connectivity index is 0.00000288. The van der Waals surface area contributed by atoms with Gasteiger partial charge in [-0.05, 0) is 31.2 Å². The van der Waals surface area contributed by atoms with E-state index in [1.54, 1.807) is 11.3 Å². The molecule has 0 atom stereocenters. The number of thiophene rings is 1. The standard InChI is InChI=1S/C17H28N4OS.HI/c1-2-18-17(20-13-15-9-6-12-23-15)19-11-10-16(22)21-14-7-4-3-5-8-14;/h6,9,12,14H,2-5,7-8,10-11,13H2,1H3,(H,21,22)(H2,18,19,20);1H. The van der Waals surface area contributed by atoms with E-state index in [4.69, 9.17) is 0 Å². The molecule has 5 nitrogen and oxygen atoms in total. The zero-order valence-electron chi connectivity index (χ0n) is 14.3. The Hall–Kier alpha value is -0.830. The Morgan fingerprint density at radius 3 is 2.75 bits per heavy atom. The Morgan fingerprint density at radius 2 is 2.08 bits per heavy atom. The van der Waals surface area contributed by atoms with Crippen LogP contribution in [0.5, 0.6) is 0 Å². The van der Waals surface area contributed by atoms with E-state index in [0.717, 1.165) is 25.3 Å². The van der Waals surface area contributed by atoms with Crippen molar-refractivity contribution >= 4 is 47.2 Å². The molecule has 0 spiro atoms. The lowest BCUT2D eigenvalue weighted by Gasteiger charge is -2.22. The van der Waals surface area contributed by atoms with E-state index in [2.05, 4.69) is 32.4 Å². The van der Waals surface area contributed by atoms with Gasteiger partial charge < -0.3 is 16.0 Å². The minimum Gasteiger partial charge on any atom is -0.357 e. The predicted octanol–water partition coefficient (Wildman–Crippen LogP) is 3.26. The van der Waals surface area contributed by atoms with Crippen LogP contribution in [0.2, 0.25) is 0 Å². The number of carbonyl (C=O) groups is 1. The third kappa shape index (κ3) is 8.32. The van der Waals surface area contributed by atoms with Crippen molar-refractivity contribution in [2.45, 2.75) is 58.0 Å². The number of rotatable bonds is 7. The number of hydrogen-bond donors (Lipinski definition) is 3. The summed E-state index contributed by atoms with van der Waals surface area (Å²) in [6.45, 7) is 4.12. The number of nitrogens with one attached hydrogen (secondary N) is 3. The Kier molecular flexibility index (Phi) is 11.1. The largest absolute Gasteiger partial charge is 0.357 e. The first-order chi connectivity index (χ1) is 11.3. The maximum atomic E-state index is 12.0. The third-order valence-corrected chi connectivity index (χ3v) is 4.79. The highest BCUT2D eigenvalue weighted by Crippen LogP contribution is 2.17. The molecular formula is C17H29IN4OS. The molecule has 0 unspecified atom stereocenters. The van der Waals surface area contributed by atoms with Crippen LogP contribution in [0.3, 0.4) is 0 Å². The van der Waals surface area contributed by atoms with Crippen LogP contribution in [-0.2, 0) is 11.3 Å². The van der Waals surface area contributed by atoms with Crippen LogP contribution in [0.1, 0.15) is 50.3 Å². The molecule has 1 heterocycles. The van der Waals surface area contributed by atoms with Crippen LogP contribution in [0.25, 0.3) is 0 Å². The van der Waals surface area contributed by atoms with E-state index >= 15 is 0 Å². The highest BCUT2D eigenvalue weighted by atomic mass is 127. The van der Waals surface area contributed by atoms with Crippen molar-refractivity contribution in [2.75, 3.05) is 13.1 Å². The van der Waals surface area contributed by atoms with Crippen LogP contribution in [0.15, 0.2) is 22.5 Å². The minimum absolute atomic E-state index is 0. The molecule has 1 aromatic rings. The molecule has 0 bridgehead atoms. The summed E-state index contributed by atoms with van der Waals surface area (Å²) in [5, 5.41) is 11.6. The second-order valence-electron chi connectivity index (χ2n) is 5.85. The van der Waals surface area contributed by atoms with Crippen molar-refractivity contribution in [3.8, 4) is 0 Å². The van der Waals surface area contributed by atoms with Gasteiger partial charge in [0.1, 0.15) is 0 Å². The van der Waals surface area contributed by atoms with E-state index < -0.39 is 0 Å². The molecule has 136 valence electrons. The first-order valence-corrected chi connectivity index (χ1v) is 9.50. The molecule has 2 rings (SSSR count). The number of amides is 1. The molecule has 0 radical (unpaired) electrons. The molecular weight excluding hydrogens is 435 g/mol. The van der Waals surface area contributed by atoms with Crippen LogP contribution in [0, 0.1) is 0 Å². The summed E-state index contributed by atoms with van der Waals surface area (Å²) >= 11 is 1.70. The summed E-state index contributed by atoms with van der Waals surface area (Å²) in [6, 6.07) is 4.50. The summed E-state index contributed by atoms with van der Waals surface area (Å²) in [5.74, 6) is 0.907. The monoisotopic (exact) mass is 464 g/mol. The van der Waals surface area contributed by atoms with Gasteiger partial charge in [0.25, 0.3) is 0 Å². The smallest absolute Gasteiger partial charge is 0.221 e. The number of guanidine groups is 1. The topological polar surface area (TPSA) is 65.5 Å². The number of halogens is 1. The molecule has 1 fully saturated rings. The molecule has 1 amide bonds. The van der Waals surface area contributed by atoms with Crippen LogP contribution in [0.4, 0.5) is 0 Å². The van der Waals surface area contributed by atoms with Crippen molar-refractivity contribution in [1.82, 2.24) is 16.0 Å². The lowest BCUT2D eigenvalue weighted by molar-refractivity contribution is -0.121. The Bertz CT molecular complexity index is 487. The molecule has 1 saturated carbocycles. The molecule has 0 aliphatic heterocycles. The number of aliphatic imine (C=N–C) groups is 1. The maximum Gasteiger partial charge on any atom is 0.221 e. The average molecular weight is 464 g/mol. The lowest BCUT2D eigenvalue weighted by atomic mass is 9.95. The van der Waals surface area contributed by atoms with E-state index in [9.17, 15) is 4.79 Å². The van der Waals surface area contributed by atoms with Gasteiger partial charge in [-0.2, -0.15) is 0 Å². The highest BCUT2D eigenvalue weighted by molar-refractivity contribution is 14.0. The fourth-order valence-corrected chi connectivity index (χ4v) is 3.37. The number of nitrogens with zero attached hydrogens (tertiary/aromatic N) is 1. The molecule has 1 aromatic heterocycles. The van der Waals surface area contributed by atoms with Crippen LogP contribution in [-0.4, -0.2) is 31.0 Å². The fraction of sp³-hybridized carbons (Fsp3) is 0.647. The number of hydrogen-bond acceptors (Lipinski definition) is 3. The summed E-state index contributed by atoms with van der Waals surface area (Å²) in [5.41, 5.74) is 0. The van der Waals surface area contributed by atoms with Crippen molar-refractivity contribution in [3.63, 3.8) is 0 Å². The summed E-state index contributed by atoms with van der Waals surface area (Å²) < 4.78 is 0. The summed E-state index contributed by atoms with van der Waals surface area (Å²) in [4.78, 5) is 17.8. The van der Waals surface area contributed by atoms with Crippen molar-refractivity contribution in [1.29, 1.82) is 0 Å². The lowest BCUT2D eigenvalue weighted by Crippen LogP contribution is -2.41. The van der Waals surface area contributed by atoms with Crippen LogP contribution < -0.4 is 16.0 Å². The molecule has 0 aromatic carbocycles. The molecule has 24 heavy (non-hydrogen) atoms. The van der Waals surface area contributed by atoms with Gasteiger partial charge in [-0.3, -0.25) is 4.79 Å². The molecule has 1 aliphatic carbocycles. The highest BCUT2D eigenvalue weighted by Gasteiger charge is 2.15. The molecule has 3 N–H and O–H groups in total. The van der Waals surface area contributed by atoms with Gasteiger partial charge in [0.15, 0.2) is 5.96 Å². The van der Waals surface area contributed by atoms with Gasteiger partial charge in [0, 0.05) is 30.4 Å². The third-order valence-electron chi connectivity index (χ3n) is 3.93. The second-order valence-corrected chi connectivity index (χ2v) is 6.89. The van der Waals surface area contributed by atoms with Gasteiger partial charge in [-0.1, -0.05) is 25.3 Å². The van der Waals surface area contributed by atoms with E-state index in [1.165, 1.54) is 24.1 Å². The summed E-state index contributed by atoms with van der Waals surface area (Å²) in [7, 11) is 0.